The van der Waals surface area contributed by atoms with Crippen LogP contribution in [0.3, 0.4) is 0 Å². The molecule has 3 heterocycles. The molecule has 1 amide bonds. The number of nitrogens with zero attached hydrogens (tertiary/aromatic N) is 4. The number of hydrogen-bond acceptors (Lipinski definition) is 5. The molecule has 1 saturated heterocycles. The monoisotopic (exact) mass is 380 g/mol. The third-order valence-electron chi connectivity index (χ3n) is 5.35. The van der Waals surface area contributed by atoms with Crippen LogP contribution in [0.2, 0.25) is 0 Å². The maximum absolute atomic E-state index is 13.1. The van der Waals surface area contributed by atoms with Crippen LogP contribution in [-0.2, 0) is 13.6 Å². The van der Waals surface area contributed by atoms with Gasteiger partial charge in [0.1, 0.15) is 17.5 Å². The minimum absolute atomic E-state index is 0.156. The van der Waals surface area contributed by atoms with Crippen molar-refractivity contribution in [1.29, 1.82) is 0 Å². The third-order valence-corrected chi connectivity index (χ3v) is 5.35. The number of carbonyl (C=O) groups is 1. The fourth-order valence-corrected chi connectivity index (χ4v) is 3.66. The molecule has 0 N–H and O–H groups in total. The van der Waals surface area contributed by atoms with Crippen LogP contribution in [0.1, 0.15) is 27.2 Å². The maximum atomic E-state index is 13.1. The Morgan fingerprint density at radius 3 is 2.46 bits per heavy atom. The summed E-state index contributed by atoms with van der Waals surface area (Å²) >= 11 is 0. The second kappa shape index (κ2) is 7.24. The Hall–Kier alpha value is -2.93. The van der Waals surface area contributed by atoms with Crippen LogP contribution in [0.5, 0.6) is 0 Å². The summed E-state index contributed by atoms with van der Waals surface area (Å²) in [5.41, 5.74) is 2.83. The number of aromatic nitrogens is 2. The normalized spacial score (nSPS) is 15.3. The second-order valence-corrected chi connectivity index (χ2v) is 7.43. The standard InChI is InChI=1S/C21H24N4O3/c1-14-4-6-16(7-5-14)12-24-8-10-25(11-9-24)21(27)17-15(2)28-19-18(17)20(26)23(3)13-22-19/h4-7,13H,8-12H2,1-3H3. The van der Waals surface area contributed by atoms with E-state index in [1.807, 2.05) is 0 Å². The molecule has 146 valence electrons. The largest absolute Gasteiger partial charge is 0.442 e. The van der Waals surface area contributed by atoms with Crippen molar-refractivity contribution in [2.45, 2.75) is 20.4 Å². The summed E-state index contributed by atoms with van der Waals surface area (Å²) in [6.45, 7) is 7.51. The first-order valence-electron chi connectivity index (χ1n) is 9.46. The Balaban J connectivity index is 1.49. The molecule has 7 heteroatoms. The number of piperazine rings is 1. The van der Waals surface area contributed by atoms with Crippen LogP contribution in [-0.4, -0.2) is 51.4 Å². The minimum Gasteiger partial charge on any atom is -0.442 e. The van der Waals surface area contributed by atoms with E-state index in [9.17, 15) is 9.59 Å². The Kier molecular flexibility index (Phi) is 4.77. The number of hydrogen-bond donors (Lipinski definition) is 0. The van der Waals surface area contributed by atoms with Crippen molar-refractivity contribution < 1.29 is 9.21 Å². The summed E-state index contributed by atoms with van der Waals surface area (Å²) in [4.78, 5) is 33.9. The predicted octanol–water partition coefficient (Wildman–Crippen LogP) is 2.10. The first-order valence-corrected chi connectivity index (χ1v) is 9.46. The van der Waals surface area contributed by atoms with Crippen molar-refractivity contribution in [3.63, 3.8) is 0 Å². The average Bonchev–Trinajstić information content (AvgIpc) is 3.03. The van der Waals surface area contributed by atoms with Crippen molar-refractivity contribution in [3.8, 4) is 0 Å². The fraction of sp³-hybridized carbons (Fsp3) is 0.381. The Labute approximate surface area is 163 Å². The van der Waals surface area contributed by atoms with E-state index >= 15 is 0 Å². The Morgan fingerprint density at radius 2 is 1.79 bits per heavy atom. The Morgan fingerprint density at radius 1 is 1.11 bits per heavy atom. The van der Waals surface area contributed by atoms with Gasteiger partial charge in [-0.3, -0.25) is 14.5 Å². The van der Waals surface area contributed by atoms with Gasteiger partial charge in [-0.15, -0.1) is 0 Å². The molecule has 3 aromatic rings. The molecule has 0 spiro atoms. The van der Waals surface area contributed by atoms with E-state index in [0.29, 0.717) is 24.4 Å². The van der Waals surface area contributed by atoms with Gasteiger partial charge in [0.25, 0.3) is 11.5 Å². The lowest BCUT2D eigenvalue weighted by molar-refractivity contribution is 0.0628. The van der Waals surface area contributed by atoms with E-state index in [-0.39, 0.29) is 22.6 Å². The highest BCUT2D eigenvalue weighted by Gasteiger charge is 2.28. The number of amides is 1. The third kappa shape index (κ3) is 3.33. The van der Waals surface area contributed by atoms with Gasteiger partial charge < -0.3 is 13.9 Å². The molecule has 7 nitrogen and oxygen atoms in total. The number of carbonyl (C=O) groups excluding carboxylic acids is 1. The molecule has 2 aromatic heterocycles. The molecule has 0 saturated carbocycles. The molecule has 1 aromatic carbocycles. The SMILES string of the molecule is Cc1ccc(CN2CCN(C(=O)c3c(C)oc4ncn(C)c(=O)c34)CC2)cc1. The van der Waals surface area contributed by atoms with Crippen LogP contribution in [0.25, 0.3) is 11.1 Å². The lowest BCUT2D eigenvalue weighted by atomic mass is 10.1. The van der Waals surface area contributed by atoms with Crippen LogP contribution in [0.4, 0.5) is 0 Å². The molecule has 0 bridgehead atoms. The highest BCUT2D eigenvalue weighted by molar-refractivity contribution is 6.06. The number of fused-ring (bicyclic) bond motifs is 1. The van der Waals surface area contributed by atoms with E-state index in [1.54, 1.807) is 18.9 Å². The predicted molar refractivity (Wildman–Crippen MR) is 106 cm³/mol. The first kappa shape index (κ1) is 18.4. The molecule has 0 unspecified atom stereocenters. The summed E-state index contributed by atoms with van der Waals surface area (Å²) in [5, 5.41) is 0.273. The molecule has 1 fully saturated rings. The fourth-order valence-electron chi connectivity index (χ4n) is 3.66. The van der Waals surface area contributed by atoms with Crippen LogP contribution < -0.4 is 5.56 Å². The average molecular weight is 380 g/mol. The van der Waals surface area contributed by atoms with Gasteiger partial charge in [0.05, 0.1) is 5.56 Å². The summed E-state index contributed by atoms with van der Waals surface area (Å²) < 4.78 is 6.94. The zero-order chi connectivity index (χ0) is 19.8. The van der Waals surface area contributed by atoms with E-state index in [0.717, 1.165) is 19.6 Å². The van der Waals surface area contributed by atoms with Crippen LogP contribution in [0.15, 0.2) is 39.8 Å². The van der Waals surface area contributed by atoms with Crippen molar-refractivity contribution in [1.82, 2.24) is 19.4 Å². The first-order chi connectivity index (χ1) is 13.4. The molecular weight excluding hydrogens is 356 g/mol. The van der Waals surface area contributed by atoms with E-state index in [1.165, 1.54) is 22.0 Å². The Bertz CT molecular complexity index is 1070. The summed E-state index contributed by atoms with van der Waals surface area (Å²) in [6, 6.07) is 8.54. The van der Waals surface area contributed by atoms with Crippen molar-refractivity contribution in [3.05, 3.63) is 63.4 Å². The summed E-state index contributed by atoms with van der Waals surface area (Å²) in [5.74, 6) is 0.286. The quantitative estimate of drug-likeness (QED) is 0.696. The molecule has 28 heavy (non-hydrogen) atoms. The van der Waals surface area contributed by atoms with Crippen LogP contribution in [0, 0.1) is 13.8 Å². The van der Waals surface area contributed by atoms with Gasteiger partial charge in [-0.05, 0) is 19.4 Å². The zero-order valence-electron chi connectivity index (χ0n) is 16.4. The van der Waals surface area contributed by atoms with Gasteiger partial charge in [0.2, 0.25) is 5.71 Å². The van der Waals surface area contributed by atoms with Crippen LogP contribution >= 0.6 is 0 Å². The molecule has 4 rings (SSSR count). The molecule has 1 aliphatic rings. The topological polar surface area (TPSA) is 71.6 Å². The molecule has 0 aliphatic carbocycles. The molecule has 0 radical (unpaired) electrons. The van der Waals surface area contributed by atoms with Gasteiger partial charge in [0.15, 0.2) is 0 Å². The van der Waals surface area contributed by atoms with Crippen molar-refractivity contribution in [2.75, 3.05) is 26.2 Å². The van der Waals surface area contributed by atoms with E-state index < -0.39 is 0 Å². The molecule has 0 atom stereocenters. The number of aryl methyl sites for hydroxylation is 3. The van der Waals surface area contributed by atoms with E-state index in [2.05, 4.69) is 41.1 Å². The second-order valence-electron chi connectivity index (χ2n) is 7.43. The van der Waals surface area contributed by atoms with Crippen molar-refractivity contribution >= 4 is 17.0 Å². The molecular formula is C21H24N4O3. The zero-order valence-corrected chi connectivity index (χ0v) is 16.4. The van der Waals surface area contributed by atoms with Crippen molar-refractivity contribution in [2.24, 2.45) is 7.05 Å². The van der Waals surface area contributed by atoms with Gasteiger partial charge in [0, 0.05) is 39.8 Å². The lowest BCUT2D eigenvalue weighted by Crippen LogP contribution is -2.48. The number of furan rings is 1. The van der Waals surface area contributed by atoms with Gasteiger partial charge in [-0.25, -0.2) is 4.98 Å². The van der Waals surface area contributed by atoms with Gasteiger partial charge in [-0.1, -0.05) is 29.8 Å². The minimum atomic E-state index is -0.261. The maximum Gasteiger partial charge on any atom is 0.265 e. The molecule has 1 aliphatic heterocycles. The number of rotatable bonds is 3. The summed E-state index contributed by atoms with van der Waals surface area (Å²) in [6.07, 6.45) is 1.41. The highest BCUT2D eigenvalue weighted by atomic mass is 16.3. The highest BCUT2D eigenvalue weighted by Crippen LogP contribution is 2.23. The van der Waals surface area contributed by atoms with E-state index in [4.69, 9.17) is 4.42 Å². The lowest BCUT2D eigenvalue weighted by Gasteiger charge is -2.34. The summed E-state index contributed by atoms with van der Waals surface area (Å²) in [7, 11) is 1.62. The van der Waals surface area contributed by atoms with Gasteiger partial charge >= 0.3 is 0 Å². The smallest absolute Gasteiger partial charge is 0.265 e. The number of benzene rings is 1. The van der Waals surface area contributed by atoms with Gasteiger partial charge in [-0.2, -0.15) is 0 Å².